The highest BCUT2D eigenvalue weighted by atomic mass is 16.3. The molecule has 0 aromatic rings. The second kappa shape index (κ2) is 5.73. The topological polar surface area (TPSA) is 23.5 Å². The summed E-state index contributed by atoms with van der Waals surface area (Å²) in [6, 6.07) is 0. The zero-order valence-electron chi connectivity index (χ0n) is 12.5. The van der Waals surface area contributed by atoms with Crippen molar-refractivity contribution < 1.29 is 5.11 Å². The lowest BCUT2D eigenvalue weighted by molar-refractivity contribution is -0.0794. The second-order valence-corrected chi connectivity index (χ2v) is 7.70. The molecule has 1 heterocycles. The summed E-state index contributed by atoms with van der Waals surface area (Å²) in [5.41, 5.74) is 0.292. The van der Waals surface area contributed by atoms with Gasteiger partial charge < -0.3 is 5.11 Å². The van der Waals surface area contributed by atoms with Gasteiger partial charge >= 0.3 is 0 Å². The number of hydrogen-bond acceptors (Lipinski definition) is 2. The fourth-order valence-electron chi connectivity index (χ4n) is 4.77. The molecular formula is C17H31NO. The summed E-state index contributed by atoms with van der Waals surface area (Å²) in [5, 5.41) is 10.8. The molecular weight excluding hydrogens is 234 g/mol. The van der Waals surface area contributed by atoms with Gasteiger partial charge in [-0.05, 0) is 31.1 Å². The van der Waals surface area contributed by atoms with E-state index in [1.165, 1.54) is 77.3 Å². The van der Waals surface area contributed by atoms with Crippen molar-refractivity contribution in [2.24, 2.45) is 5.41 Å². The smallest absolute Gasteiger partial charge is 0.0774 e. The molecule has 0 atom stereocenters. The van der Waals surface area contributed by atoms with Crippen LogP contribution in [0.3, 0.4) is 0 Å². The van der Waals surface area contributed by atoms with E-state index >= 15 is 0 Å². The molecule has 3 rings (SSSR count). The monoisotopic (exact) mass is 265 g/mol. The van der Waals surface area contributed by atoms with Gasteiger partial charge in [0.1, 0.15) is 0 Å². The molecule has 0 radical (unpaired) electrons. The standard InChI is InChI=1S/C17H31NO/c19-17(11-7-3-4-8-12-17)15-18-13-16(14-18)9-5-1-2-6-10-16/h19H,1-15H2. The fraction of sp³-hybridized carbons (Fsp3) is 1.00. The van der Waals surface area contributed by atoms with E-state index < -0.39 is 0 Å². The van der Waals surface area contributed by atoms with Gasteiger partial charge in [-0.3, -0.25) is 4.90 Å². The molecule has 110 valence electrons. The number of likely N-dealkylation sites (tertiary alicyclic amines) is 1. The minimum Gasteiger partial charge on any atom is -0.389 e. The average molecular weight is 265 g/mol. The van der Waals surface area contributed by atoms with Crippen LogP contribution in [0.1, 0.15) is 77.0 Å². The van der Waals surface area contributed by atoms with Crippen LogP contribution in [0.25, 0.3) is 0 Å². The molecule has 1 N–H and O–H groups in total. The molecule has 0 aromatic heterocycles. The van der Waals surface area contributed by atoms with Crippen LogP contribution in [0.4, 0.5) is 0 Å². The Morgan fingerprint density at radius 3 is 1.68 bits per heavy atom. The lowest BCUT2D eigenvalue weighted by Gasteiger charge is -2.52. The molecule has 0 bridgehead atoms. The van der Waals surface area contributed by atoms with Crippen LogP contribution in [0.5, 0.6) is 0 Å². The van der Waals surface area contributed by atoms with E-state index in [4.69, 9.17) is 0 Å². The number of nitrogens with zero attached hydrogens (tertiary/aromatic N) is 1. The molecule has 1 aliphatic heterocycles. The van der Waals surface area contributed by atoms with Gasteiger partial charge in [0.2, 0.25) is 0 Å². The molecule has 3 aliphatic rings. The average Bonchev–Trinajstić information content (AvgIpc) is 2.69. The first kappa shape index (κ1) is 13.9. The van der Waals surface area contributed by atoms with Gasteiger partial charge in [0.15, 0.2) is 0 Å². The summed E-state index contributed by atoms with van der Waals surface area (Å²) in [6.45, 7) is 3.50. The van der Waals surface area contributed by atoms with Crippen LogP contribution in [-0.2, 0) is 0 Å². The van der Waals surface area contributed by atoms with Gasteiger partial charge in [0, 0.05) is 19.6 Å². The number of hydrogen-bond donors (Lipinski definition) is 1. The largest absolute Gasteiger partial charge is 0.389 e. The molecule has 1 spiro atoms. The normalized spacial score (nSPS) is 31.4. The number of aliphatic hydroxyl groups is 1. The van der Waals surface area contributed by atoms with E-state index in [9.17, 15) is 5.11 Å². The summed E-state index contributed by atoms with van der Waals surface area (Å²) in [6.07, 6.45) is 15.9. The maximum absolute atomic E-state index is 10.8. The Hall–Kier alpha value is -0.0800. The summed E-state index contributed by atoms with van der Waals surface area (Å²) in [5.74, 6) is 0. The van der Waals surface area contributed by atoms with Gasteiger partial charge in [0.05, 0.1) is 5.60 Å². The fourth-order valence-corrected chi connectivity index (χ4v) is 4.77. The van der Waals surface area contributed by atoms with Crippen molar-refractivity contribution in [3.63, 3.8) is 0 Å². The summed E-state index contributed by atoms with van der Waals surface area (Å²) < 4.78 is 0. The van der Waals surface area contributed by atoms with Gasteiger partial charge in [-0.15, -0.1) is 0 Å². The molecule has 2 nitrogen and oxygen atoms in total. The van der Waals surface area contributed by atoms with Crippen molar-refractivity contribution in [3.05, 3.63) is 0 Å². The minimum atomic E-state index is -0.358. The highest BCUT2D eigenvalue weighted by molar-refractivity contribution is 4.98. The Labute approximate surface area is 118 Å². The molecule has 0 amide bonds. The second-order valence-electron chi connectivity index (χ2n) is 7.70. The SMILES string of the molecule is OC1(CN2CC3(CCCCCC3)C2)CCCCCC1. The van der Waals surface area contributed by atoms with Crippen LogP contribution in [-0.4, -0.2) is 35.2 Å². The van der Waals surface area contributed by atoms with Gasteiger partial charge in [0.25, 0.3) is 0 Å². The zero-order chi connectivity index (χ0) is 13.2. The Balaban J connectivity index is 1.49. The lowest BCUT2D eigenvalue weighted by Crippen LogP contribution is -2.60. The van der Waals surface area contributed by atoms with E-state index in [-0.39, 0.29) is 5.60 Å². The highest BCUT2D eigenvalue weighted by Crippen LogP contribution is 2.43. The Kier molecular flexibility index (Phi) is 4.19. The Bertz CT molecular complexity index is 278. The van der Waals surface area contributed by atoms with Crippen LogP contribution in [0.15, 0.2) is 0 Å². The van der Waals surface area contributed by atoms with E-state index in [0.29, 0.717) is 5.41 Å². The molecule has 0 unspecified atom stereocenters. The molecule has 2 saturated carbocycles. The summed E-state index contributed by atoms with van der Waals surface area (Å²) in [4.78, 5) is 2.55. The van der Waals surface area contributed by atoms with Crippen LogP contribution in [0.2, 0.25) is 0 Å². The van der Waals surface area contributed by atoms with Gasteiger partial charge in [-0.2, -0.15) is 0 Å². The van der Waals surface area contributed by atoms with Crippen LogP contribution < -0.4 is 0 Å². The first-order valence-corrected chi connectivity index (χ1v) is 8.65. The molecule has 1 saturated heterocycles. The maximum atomic E-state index is 10.8. The first-order chi connectivity index (χ1) is 9.20. The summed E-state index contributed by atoms with van der Waals surface area (Å²) >= 11 is 0. The van der Waals surface area contributed by atoms with Crippen LogP contribution in [0, 0.1) is 5.41 Å². The predicted octanol–water partition coefficient (Wildman–Crippen LogP) is 3.73. The molecule has 2 aliphatic carbocycles. The minimum absolute atomic E-state index is 0.358. The predicted molar refractivity (Wildman–Crippen MR) is 79.2 cm³/mol. The van der Waals surface area contributed by atoms with E-state index in [0.717, 1.165) is 19.4 Å². The Morgan fingerprint density at radius 2 is 1.16 bits per heavy atom. The van der Waals surface area contributed by atoms with E-state index in [1.54, 1.807) is 0 Å². The highest BCUT2D eigenvalue weighted by Gasteiger charge is 2.44. The molecule has 19 heavy (non-hydrogen) atoms. The van der Waals surface area contributed by atoms with Crippen LogP contribution >= 0.6 is 0 Å². The maximum Gasteiger partial charge on any atom is 0.0774 e. The van der Waals surface area contributed by atoms with Crippen molar-refractivity contribution in [2.45, 2.75) is 82.7 Å². The third-order valence-corrected chi connectivity index (χ3v) is 5.83. The Morgan fingerprint density at radius 1 is 0.684 bits per heavy atom. The third kappa shape index (κ3) is 3.33. The number of β-amino-alcohol motifs (C(OH)–C–C–N with tert-alkyl or cyclic N) is 1. The first-order valence-electron chi connectivity index (χ1n) is 8.65. The zero-order valence-corrected chi connectivity index (χ0v) is 12.5. The van der Waals surface area contributed by atoms with Crippen molar-refractivity contribution in [3.8, 4) is 0 Å². The molecule has 3 fully saturated rings. The lowest BCUT2D eigenvalue weighted by atomic mass is 9.73. The van der Waals surface area contributed by atoms with Gasteiger partial charge in [-0.1, -0.05) is 51.4 Å². The van der Waals surface area contributed by atoms with Crippen molar-refractivity contribution in [1.29, 1.82) is 0 Å². The van der Waals surface area contributed by atoms with E-state index in [1.807, 2.05) is 0 Å². The van der Waals surface area contributed by atoms with Gasteiger partial charge in [-0.25, -0.2) is 0 Å². The van der Waals surface area contributed by atoms with E-state index in [2.05, 4.69) is 4.90 Å². The van der Waals surface area contributed by atoms with Crippen molar-refractivity contribution in [1.82, 2.24) is 4.90 Å². The van der Waals surface area contributed by atoms with Crippen molar-refractivity contribution >= 4 is 0 Å². The molecule has 2 heteroatoms. The van der Waals surface area contributed by atoms with Crippen molar-refractivity contribution in [2.75, 3.05) is 19.6 Å². The quantitative estimate of drug-likeness (QED) is 0.769. The summed E-state index contributed by atoms with van der Waals surface area (Å²) in [7, 11) is 0. The number of rotatable bonds is 2. The third-order valence-electron chi connectivity index (χ3n) is 5.83. The molecule has 0 aromatic carbocycles.